The fourth-order valence-electron chi connectivity index (χ4n) is 1.96. The van der Waals surface area contributed by atoms with E-state index in [1.807, 2.05) is 0 Å². The molecule has 2 aromatic rings. The van der Waals surface area contributed by atoms with Crippen LogP contribution in [0.2, 0.25) is 0 Å². The molecule has 0 spiro atoms. The summed E-state index contributed by atoms with van der Waals surface area (Å²) in [5, 5.41) is 10.0. The second-order valence-corrected chi connectivity index (χ2v) is 5.28. The first-order valence-corrected chi connectivity index (χ1v) is 6.87. The fraction of sp³-hybridized carbons (Fsp3) is 0.200. The van der Waals surface area contributed by atoms with Crippen molar-refractivity contribution in [2.45, 2.75) is 12.5 Å². The Labute approximate surface area is 128 Å². The summed E-state index contributed by atoms with van der Waals surface area (Å²) in [6, 6.07) is 6.21. The van der Waals surface area contributed by atoms with Crippen LogP contribution in [0.3, 0.4) is 0 Å². The monoisotopic (exact) mass is 360 g/mol. The Bertz CT molecular complexity index is 662. The minimum atomic E-state index is -1.37. The third-order valence-electron chi connectivity index (χ3n) is 3.10. The van der Waals surface area contributed by atoms with Gasteiger partial charge >= 0.3 is 0 Å². The van der Waals surface area contributed by atoms with Gasteiger partial charge in [0.1, 0.15) is 23.2 Å². The van der Waals surface area contributed by atoms with Crippen LogP contribution in [-0.4, -0.2) is 12.2 Å². The number of hydrogen-bond acceptors (Lipinski definition) is 2. The van der Waals surface area contributed by atoms with Crippen molar-refractivity contribution in [2.24, 2.45) is 0 Å². The summed E-state index contributed by atoms with van der Waals surface area (Å²) < 4.78 is 46.3. The molecule has 0 aliphatic rings. The van der Waals surface area contributed by atoms with Crippen LogP contribution in [-0.2, 0) is 6.42 Å². The van der Waals surface area contributed by atoms with Crippen LogP contribution in [0.25, 0.3) is 0 Å². The second-order valence-electron chi connectivity index (χ2n) is 4.43. The Kier molecular flexibility index (Phi) is 4.90. The number of benzene rings is 2. The molecule has 1 unspecified atom stereocenters. The lowest BCUT2D eigenvalue weighted by Crippen LogP contribution is -2.08. The molecular weight excluding hydrogens is 349 g/mol. The zero-order valence-corrected chi connectivity index (χ0v) is 12.6. The van der Waals surface area contributed by atoms with Crippen LogP contribution < -0.4 is 4.74 Å². The van der Waals surface area contributed by atoms with Gasteiger partial charge in [-0.25, -0.2) is 13.2 Å². The van der Waals surface area contributed by atoms with Crippen molar-refractivity contribution in [2.75, 3.05) is 7.11 Å². The molecule has 1 N–H and O–H groups in total. The van der Waals surface area contributed by atoms with E-state index in [2.05, 4.69) is 15.9 Å². The summed E-state index contributed by atoms with van der Waals surface area (Å²) in [6.07, 6.45) is -1.74. The van der Waals surface area contributed by atoms with Gasteiger partial charge in [-0.05, 0) is 40.2 Å². The van der Waals surface area contributed by atoms with Crippen molar-refractivity contribution in [3.05, 3.63) is 63.4 Å². The average molecular weight is 361 g/mol. The van der Waals surface area contributed by atoms with Crippen LogP contribution in [0.4, 0.5) is 13.2 Å². The summed E-state index contributed by atoms with van der Waals surface area (Å²) in [5.41, 5.74) is -0.346. The Hall–Kier alpha value is -1.53. The standard InChI is InChI=1S/C15H12BrF3O2/c1-21-8-2-3-9(13(18)6-8)14(20)7-10-12(17)5-4-11(16)15(10)19/h2-6,14,20H,7H2,1H3. The molecule has 0 fully saturated rings. The lowest BCUT2D eigenvalue weighted by Gasteiger charge is -2.14. The van der Waals surface area contributed by atoms with Gasteiger partial charge < -0.3 is 9.84 Å². The number of aliphatic hydroxyl groups is 1. The molecule has 0 saturated heterocycles. The van der Waals surface area contributed by atoms with Gasteiger partial charge in [0, 0.05) is 23.6 Å². The van der Waals surface area contributed by atoms with Crippen LogP contribution >= 0.6 is 15.9 Å². The van der Waals surface area contributed by atoms with E-state index >= 15 is 0 Å². The Balaban J connectivity index is 2.30. The van der Waals surface area contributed by atoms with Gasteiger partial charge in [0.2, 0.25) is 0 Å². The van der Waals surface area contributed by atoms with Crippen molar-refractivity contribution in [1.82, 2.24) is 0 Å². The maximum atomic E-state index is 13.8. The average Bonchev–Trinajstić information content (AvgIpc) is 2.47. The molecule has 2 nitrogen and oxygen atoms in total. The van der Waals surface area contributed by atoms with E-state index < -0.39 is 23.6 Å². The molecule has 0 radical (unpaired) electrons. The topological polar surface area (TPSA) is 29.5 Å². The third-order valence-corrected chi connectivity index (χ3v) is 3.72. The molecule has 0 aliphatic heterocycles. The molecule has 112 valence electrons. The predicted molar refractivity (Wildman–Crippen MR) is 75.7 cm³/mol. The summed E-state index contributed by atoms with van der Waals surface area (Å²) in [6.45, 7) is 0. The number of halogens is 4. The quantitative estimate of drug-likeness (QED) is 0.830. The van der Waals surface area contributed by atoms with Crippen molar-refractivity contribution in [3.8, 4) is 5.75 Å². The highest BCUT2D eigenvalue weighted by Crippen LogP contribution is 2.28. The van der Waals surface area contributed by atoms with E-state index in [0.717, 1.165) is 12.1 Å². The van der Waals surface area contributed by atoms with Gasteiger partial charge in [0.25, 0.3) is 0 Å². The Morgan fingerprint density at radius 1 is 1.14 bits per heavy atom. The maximum Gasteiger partial charge on any atom is 0.143 e. The van der Waals surface area contributed by atoms with Gasteiger partial charge in [-0.1, -0.05) is 0 Å². The SMILES string of the molecule is COc1ccc(C(O)Cc2c(F)ccc(Br)c2F)c(F)c1. The van der Waals surface area contributed by atoms with E-state index in [-0.39, 0.29) is 22.0 Å². The van der Waals surface area contributed by atoms with E-state index in [9.17, 15) is 18.3 Å². The lowest BCUT2D eigenvalue weighted by atomic mass is 10.00. The first-order chi connectivity index (χ1) is 9.93. The van der Waals surface area contributed by atoms with E-state index in [1.54, 1.807) is 0 Å². The first-order valence-electron chi connectivity index (χ1n) is 6.08. The lowest BCUT2D eigenvalue weighted by molar-refractivity contribution is 0.170. The molecule has 0 amide bonds. The molecule has 6 heteroatoms. The largest absolute Gasteiger partial charge is 0.497 e. The molecule has 0 aliphatic carbocycles. The molecule has 2 aromatic carbocycles. The number of hydrogen-bond donors (Lipinski definition) is 1. The molecule has 0 saturated carbocycles. The highest BCUT2D eigenvalue weighted by atomic mass is 79.9. The summed E-state index contributed by atoms with van der Waals surface area (Å²) in [7, 11) is 1.39. The van der Waals surface area contributed by atoms with Crippen molar-refractivity contribution < 1.29 is 23.0 Å². The second kappa shape index (κ2) is 6.49. The number of aliphatic hydroxyl groups excluding tert-OH is 1. The summed E-state index contributed by atoms with van der Waals surface area (Å²) in [4.78, 5) is 0. The number of ether oxygens (including phenoxy) is 1. The summed E-state index contributed by atoms with van der Waals surface area (Å²) >= 11 is 2.95. The van der Waals surface area contributed by atoms with Gasteiger partial charge in [-0.15, -0.1) is 0 Å². The zero-order chi connectivity index (χ0) is 15.6. The summed E-state index contributed by atoms with van der Waals surface area (Å²) in [5.74, 6) is -1.99. The normalized spacial score (nSPS) is 12.3. The highest BCUT2D eigenvalue weighted by molar-refractivity contribution is 9.10. The van der Waals surface area contributed by atoms with E-state index in [4.69, 9.17) is 4.74 Å². The molecule has 1 atom stereocenters. The van der Waals surface area contributed by atoms with Gasteiger partial charge in [-0.2, -0.15) is 0 Å². The molecule has 0 bridgehead atoms. The molecule has 0 heterocycles. The van der Waals surface area contributed by atoms with E-state index in [0.29, 0.717) is 5.75 Å². The molecule has 0 aromatic heterocycles. The zero-order valence-electron chi connectivity index (χ0n) is 11.0. The number of rotatable bonds is 4. The van der Waals surface area contributed by atoms with Crippen molar-refractivity contribution in [3.63, 3.8) is 0 Å². The van der Waals surface area contributed by atoms with Gasteiger partial charge in [0.05, 0.1) is 17.7 Å². The predicted octanol–water partition coefficient (Wildman–Crippen LogP) is 4.15. The van der Waals surface area contributed by atoms with Crippen molar-refractivity contribution >= 4 is 15.9 Å². The van der Waals surface area contributed by atoms with Crippen LogP contribution in [0, 0.1) is 17.5 Å². The van der Waals surface area contributed by atoms with Crippen LogP contribution in [0.15, 0.2) is 34.8 Å². The minimum absolute atomic E-state index is 0.0467. The van der Waals surface area contributed by atoms with Crippen LogP contribution in [0.5, 0.6) is 5.75 Å². The van der Waals surface area contributed by atoms with Crippen LogP contribution in [0.1, 0.15) is 17.2 Å². The molecule has 21 heavy (non-hydrogen) atoms. The maximum absolute atomic E-state index is 13.8. The Morgan fingerprint density at radius 3 is 2.48 bits per heavy atom. The smallest absolute Gasteiger partial charge is 0.143 e. The first kappa shape index (κ1) is 15.9. The molecule has 2 rings (SSSR count). The highest BCUT2D eigenvalue weighted by Gasteiger charge is 2.20. The fourth-order valence-corrected chi connectivity index (χ4v) is 2.34. The molecular formula is C15H12BrF3O2. The van der Waals surface area contributed by atoms with Crippen molar-refractivity contribution in [1.29, 1.82) is 0 Å². The Morgan fingerprint density at radius 2 is 1.86 bits per heavy atom. The van der Waals surface area contributed by atoms with Gasteiger partial charge in [0.15, 0.2) is 0 Å². The van der Waals surface area contributed by atoms with Gasteiger partial charge in [-0.3, -0.25) is 0 Å². The van der Waals surface area contributed by atoms with E-state index in [1.165, 1.54) is 25.3 Å². The third kappa shape index (κ3) is 3.39. The minimum Gasteiger partial charge on any atom is -0.497 e. The number of methoxy groups -OCH3 is 1.